The highest BCUT2D eigenvalue weighted by Gasteiger charge is 2.57. The van der Waals surface area contributed by atoms with Gasteiger partial charge >= 0.3 is 5.97 Å². The molecule has 0 aliphatic heterocycles. The van der Waals surface area contributed by atoms with Crippen molar-refractivity contribution in [1.29, 1.82) is 0 Å². The molecular weight excluding hydrogens is 202 g/mol. The number of hydrogen-bond acceptors (Lipinski definition) is 2. The summed E-state index contributed by atoms with van der Waals surface area (Å²) in [4.78, 5) is 10.7. The average Bonchev–Trinajstić information content (AvgIpc) is 2.39. The number of aliphatic carboxylic acids is 1. The van der Waals surface area contributed by atoms with Crippen molar-refractivity contribution in [2.75, 3.05) is 6.54 Å². The van der Waals surface area contributed by atoms with E-state index in [1.807, 2.05) is 0 Å². The second-order valence-electron chi connectivity index (χ2n) is 4.78. The molecule has 2 aliphatic rings. The number of hydrogen-bond donors (Lipinski definition) is 2. The van der Waals surface area contributed by atoms with Crippen molar-refractivity contribution in [2.45, 2.75) is 31.1 Å². The number of halogens is 1. The van der Waals surface area contributed by atoms with E-state index in [0.29, 0.717) is 18.4 Å². The number of fused-ring (bicyclic) bond motifs is 1. The Kier molecular flexibility index (Phi) is 2.48. The van der Waals surface area contributed by atoms with Crippen LogP contribution in [0.1, 0.15) is 25.7 Å². The average molecular weight is 218 g/mol. The van der Waals surface area contributed by atoms with Crippen LogP contribution in [0.5, 0.6) is 0 Å². The van der Waals surface area contributed by atoms with E-state index in [1.54, 1.807) is 0 Å². The fraction of sp³-hybridized carbons (Fsp3) is 0.900. The minimum atomic E-state index is -0.730. The van der Waals surface area contributed by atoms with Crippen LogP contribution in [-0.2, 0) is 4.79 Å². The summed E-state index contributed by atoms with van der Waals surface area (Å²) >= 11 is 6.07. The van der Waals surface area contributed by atoms with Gasteiger partial charge in [0.15, 0.2) is 0 Å². The predicted molar refractivity (Wildman–Crippen MR) is 54.2 cm³/mol. The topological polar surface area (TPSA) is 63.3 Å². The molecule has 3 nitrogen and oxygen atoms in total. The lowest BCUT2D eigenvalue weighted by Crippen LogP contribution is -2.51. The molecule has 3 N–H and O–H groups in total. The molecule has 2 fully saturated rings. The Morgan fingerprint density at radius 1 is 1.57 bits per heavy atom. The molecule has 0 heterocycles. The molecule has 2 saturated carbocycles. The first kappa shape index (κ1) is 10.2. The Bertz CT molecular complexity index is 259. The highest BCUT2D eigenvalue weighted by molar-refractivity contribution is 6.20. The molecule has 0 unspecified atom stereocenters. The molecule has 0 saturated heterocycles. The van der Waals surface area contributed by atoms with Gasteiger partial charge in [0.1, 0.15) is 0 Å². The summed E-state index contributed by atoms with van der Waals surface area (Å²) in [5.74, 6) is 0.374. The molecule has 0 aromatic rings. The molecule has 2 rings (SSSR count). The SMILES string of the molecule is NC[C@]1(CC(=O)O)C[C@H]2C[C@@H](Cl)C[C@H]21. The fourth-order valence-corrected chi connectivity index (χ4v) is 3.78. The lowest BCUT2D eigenvalue weighted by Gasteiger charge is -2.51. The van der Waals surface area contributed by atoms with Crippen molar-refractivity contribution in [2.24, 2.45) is 23.0 Å². The van der Waals surface area contributed by atoms with Crippen LogP contribution in [0.25, 0.3) is 0 Å². The molecule has 0 aromatic carbocycles. The zero-order valence-electron chi connectivity index (χ0n) is 8.08. The third kappa shape index (κ3) is 1.43. The van der Waals surface area contributed by atoms with Gasteiger partial charge in [-0.1, -0.05) is 0 Å². The largest absolute Gasteiger partial charge is 0.481 e. The zero-order chi connectivity index (χ0) is 10.3. The van der Waals surface area contributed by atoms with Crippen LogP contribution in [0.15, 0.2) is 0 Å². The Labute approximate surface area is 88.6 Å². The van der Waals surface area contributed by atoms with E-state index in [2.05, 4.69) is 0 Å². The quantitative estimate of drug-likeness (QED) is 0.704. The summed E-state index contributed by atoms with van der Waals surface area (Å²) in [5, 5.41) is 9.09. The van der Waals surface area contributed by atoms with E-state index in [1.165, 1.54) is 0 Å². The highest BCUT2D eigenvalue weighted by atomic mass is 35.5. The first-order valence-electron chi connectivity index (χ1n) is 5.13. The van der Waals surface area contributed by atoms with Gasteiger partial charge in [-0.25, -0.2) is 0 Å². The maximum absolute atomic E-state index is 10.7. The third-order valence-corrected chi connectivity index (χ3v) is 4.36. The Hall–Kier alpha value is -0.280. The normalized spacial score (nSPS) is 45.7. The summed E-state index contributed by atoms with van der Waals surface area (Å²) in [6.45, 7) is 0.490. The second-order valence-corrected chi connectivity index (χ2v) is 5.39. The summed E-state index contributed by atoms with van der Waals surface area (Å²) < 4.78 is 0. The van der Waals surface area contributed by atoms with Gasteiger partial charge < -0.3 is 10.8 Å². The summed E-state index contributed by atoms with van der Waals surface area (Å²) in [6, 6.07) is 0. The van der Waals surface area contributed by atoms with Crippen molar-refractivity contribution in [3.8, 4) is 0 Å². The molecule has 80 valence electrons. The predicted octanol–water partition coefficient (Wildman–Crippen LogP) is 1.44. The van der Waals surface area contributed by atoms with E-state index < -0.39 is 5.97 Å². The van der Waals surface area contributed by atoms with Crippen LogP contribution in [-0.4, -0.2) is 23.0 Å². The standard InChI is InChI=1S/C10H16ClNO2/c11-7-1-6-3-10(5-12,4-9(13)14)8(6)2-7/h6-8H,1-5,12H2,(H,13,14)/t6-,7-,8-,10-/m1/s1. The van der Waals surface area contributed by atoms with Gasteiger partial charge in [-0.3, -0.25) is 4.79 Å². The number of nitrogens with two attached hydrogens (primary N) is 1. The van der Waals surface area contributed by atoms with Crippen molar-refractivity contribution >= 4 is 17.6 Å². The van der Waals surface area contributed by atoms with Gasteiger partial charge in [-0.2, -0.15) is 0 Å². The minimum Gasteiger partial charge on any atom is -0.481 e. The fourth-order valence-electron chi connectivity index (χ4n) is 3.36. The van der Waals surface area contributed by atoms with Crippen LogP contribution in [0.3, 0.4) is 0 Å². The van der Waals surface area contributed by atoms with Gasteiger partial charge in [-0.05, 0) is 43.1 Å². The molecule has 0 amide bonds. The van der Waals surface area contributed by atoms with Crippen molar-refractivity contribution < 1.29 is 9.90 Å². The van der Waals surface area contributed by atoms with Gasteiger partial charge in [0.05, 0.1) is 6.42 Å². The van der Waals surface area contributed by atoms with Gasteiger partial charge in [0.2, 0.25) is 0 Å². The van der Waals surface area contributed by atoms with E-state index >= 15 is 0 Å². The maximum Gasteiger partial charge on any atom is 0.303 e. The molecule has 2 aliphatic carbocycles. The number of rotatable bonds is 3. The Balaban J connectivity index is 2.06. The van der Waals surface area contributed by atoms with Crippen LogP contribution in [0, 0.1) is 17.3 Å². The number of carboxylic acid groups (broad SMARTS) is 1. The van der Waals surface area contributed by atoms with Crippen LogP contribution in [0.2, 0.25) is 0 Å². The van der Waals surface area contributed by atoms with Crippen molar-refractivity contribution in [3.63, 3.8) is 0 Å². The summed E-state index contributed by atoms with van der Waals surface area (Å²) in [5.41, 5.74) is 5.57. The Morgan fingerprint density at radius 2 is 2.29 bits per heavy atom. The monoisotopic (exact) mass is 217 g/mol. The van der Waals surface area contributed by atoms with E-state index in [0.717, 1.165) is 19.3 Å². The van der Waals surface area contributed by atoms with Crippen molar-refractivity contribution in [1.82, 2.24) is 0 Å². The molecule has 0 bridgehead atoms. The van der Waals surface area contributed by atoms with Crippen LogP contribution < -0.4 is 5.73 Å². The van der Waals surface area contributed by atoms with Crippen LogP contribution in [0.4, 0.5) is 0 Å². The van der Waals surface area contributed by atoms with E-state index in [9.17, 15) is 4.79 Å². The molecular formula is C10H16ClNO2. The number of carboxylic acids is 1. The minimum absolute atomic E-state index is 0.139. The highest BCUT2D eigenvalue weighted by Crippen LogP contribution is 2.61. The molecule has 0 spiro atoms. The van der Waals surface area contributed by atoms with Gasteiger partial charge in [0.25, 0.3) is 0 Å². The summed E-state index contributed by atoms with van der Waals surface area (Å²) in [6.07, 6.45) is 3.18. The first-order valence-corrected chi connectivity index (χ1v) is 5.57. The number of carbonyl (C=O) groups is 1. The molecule has 4 heteroatoms. The van der Waals surface area contributed by atoms with Gasteiger partial charge in [-0.15, -0.1) is 11.6 Å². The lowest BCUT2D eigenvalue weighted by molar-refractivity contribution is -0.145. The van der Waals surface area contributed by atoms with E-state index in [-0.39, 0.29) is 17.2 Å². The van der Waals surface area contributed by atoms with Crippen LogP contribution >= 0.6 is 11.6 Å². The first-order chi connectivity index (χ1) is 6.57. The van der Waals surface area contributed by atoms with Gasteiger partial charge in [0, 0.05) is 5.38 Å². The lowest BCUT2D eigenvalue weighted by atomic mass is 9.53. The second kappa shape index (κ2) is 3.38. The zero-order valence-corrected chi connectivity index (χ0v) is 8.83. The third-order valence-electron chi connectivity index (χ3n) is 4.00. The van der Waals surface area contributed by atoms with Crippen molar-refractivity contribution in [3.05, 3.63) is 0 Å². The molecule has 0 aromatic heterocycles. The van der Waals surface area contributed by atoms with E-state index in [4.69, 9.17) is 22.4 Å². The smallest absolute Gasteiger partial charge is 0.303 e. The summed E-state index contributed by atoms with van der Waals surface area (Å²) in [7, 11) is 0. The molecule has 14 heavy (non-hydrogen) atoms. The molecule has 0 radical (unpaired) electrons. The number of alkyl halides is 1. The Morgan fingerprint density at radius 3 is 2.79 bits per heavy atom. The maximum atomic E-state index is 10.7. The molecule has 4 atom stereocenters.